The first-order chi connectivity index (χ1) is 9.28. The van der Waals surface area contributed by atoms with E-state index in [4.69, 9.17) is 10.5 Å². The van der Waals surface area contributed by atoms with Gasteiger partial charge in [-0.05, 0) is 5.92 Å². The molecule has 1 heterocycles. The third-order valence-electron chi connectivity index (χ3n) is 3.37. The number of hydrogen-bond acceptors (Lipinski definition) is 4. The number of nitrogens with one attached hydrogen (secondary N) is 2. The van der Waals surface area contributed by atoms with Crippen LogP contribution in [0.25, 0.3) is 0 Å². The molecule has 1 fully saturated rings. The van der Waals surface area contributed by atoms with Crippen molar-refractivity contribution in [2.45, 2.75) is 38.3 Å². The highest BCUT2D eigenvalue weighted by Crippen LogP contribution is 2.21. The van der Waals surface area contributed by atoms with Crippen molar-refractivity contribution < 1.29 is 24.2 Å². The lowest BCUT2D eigenvalue weighted by Gasteiger charge is -2.35. The standard InChI is InChI=1S/C12H21N3O5/c1-7(2)8(14-11(13)19)9(16)15-12(10(17)18)3-5-20-6-4-12/h7-8H,3-6H2,1-2H3,(H,15,16)(H,17,18)(H3,13,14,19). The van der Waals surface area contributed by atoms with Gasteiger partial charge in [-0.15, -0.1) is 0 Å². The summed E-state index contributed by atoms with van der Waals surface area (Å²) in [5, 5.41) is 14.2. The van der Waals surface area contributed by atoms with Crippen molar-refractivity contribution in [1.82, 2.24) is 10.6 Å². The Kier molecular flexibility index (Phi) is 5.32. The Morgan fingerprint density at radius 2 is 1.80 bits per heavy atom. The molecule has 1 aliphatic rings. The third kappa shape index (κ3) is 3.83. The molecule has 0 radical (unpaired) electrons. The zero-order valence-corrected chi connectivity index (χ0v) is 11.6. The molecule has 8 heteroatoms. The minimum Gasteiger partial charge on any atom is -0.480 e. The van der Waals surface area contributed by atoms with E-state index in [1.807, 2.05) is 0 Å². The molecule has 3 amide bonds. The normalized spacial score (nSPS) is 19.1. The summed E-state index contributed by atoms with van der Waals surface area (Å²) in [6.07, 6.45) is 0.380. The van der Waals surface area contributed by atoms with Gasteiger partial charge >= 0.3 is 12.0 Å². The van der Waals surface area contributed by atoms with Crippen LogP contribution in [-0.4, -0.2) is 47.8 Å². The summed E-state index contributed by atoms with van der Waals surface area (Å²) in [6.45, 7) is 4.00. The van der Waals surface area contributed by atoms with Gasteiger partial charge in [-0.2, -0.15) is 0 Å². The molecule has 114 valence electrons. The molecule has 1 unspecified atom stereocenters. The van der Waals surface area contributed by atoms with E-state index in [1.165, 1.54) is 0 Å². The highest BCUT2D eigenvalue weighted by molar-refractivity contribution is 5.91. The summed E-state index contributed by atoms with van der Waals surface area (Å²) in [5.74, 6) is -1.87. The fourth-order valence-corrected chi connectivity index (χ4v) is 2.11. The number of carboxylic acids is 1. The Morgan fingerprint density at radius 1 is 1.25 bits per heavy atom. The van der Waals surface area contributed by atoms with Crippen LogP contribution in [0.15, 0.2) is 0 Å². The fourth-order valence-electron chi connectivity index (χ4n) is 2.11. The number of carbonyl (C=O) groups excluding carboxylic acids is 2. The molecular weight excluding hydrogens is 266 g/mol. The van der Waals surface area contributed by atoms with Crippen molar-refractivity contribution in [2.75, 3.05) is 13.2 Å². The summed E-state index contributed by atoms with van der Waals surface area (Å²) in [5.41, 5.74) is 3.68. The van der Waals surface area contributed by atoms with Gasteiger partial charge in [0.05, 0.1) is 0 Å². The van der Waals surface area contributed by atoms with E-state index in [0.29, 0.717) is 0 Å². The average molecular weight is 287 g/mol. The summed E-state index contributed by atoms with van der Waals surface area (Å²) >= 11 is 0. The van der Waals surface area contributed by atoms with Crippen LogP contribution in [0.1, 0.15) is 26.7 Å². The van der Waals surface area contributed by atoms with Gasteiger partial charge in [-0.3, -0.25) is 4.79 Å². The van der Waals surface area contributed by atoms with Crippen LogP contribution < -0.4 is 16.4 Å². The van der Waals surface area contributed by atoms with Crippen LogP contribution in [0, 0.1) is 5.92 Å². The zero-order valence-electron chi connectivity index (χ0n) is 11.6. The number of carbonyl (C=O) groups is 3. The van der Waals surface area contributed by atoms with Crippen molar-refractivity contribution in [3.8, 4) is 0 Å². The number of amides is 3. The van der Waals surface area contributed by atoms with Crippen LogP contribution in [-0.2, 0) is 14.3 Å². The molecule has 8 nitrogen and oxygen atoms in total. The van der Waals surface area contributed by atoms with Gasteiger partial charge in [-0.1, -0.05) is 13.8 Å². The van der Waals surface area contributed by atoms with Crippen LogP contribution in [0.3, 0.4) is 0 Å². The summed E-state index contributed by atoms with van der Waals surface area (Å²) in [7, 11) is 0. The maximum Gasteiger partial charge on any atom is 0.329 e. The predicted molar refractivity (Wildman–Crippen MR) is 69.9 cm³/mol. The molecule has 1 saturated heterocycles. The highest BCUT2D eigenvalue weighted by Gasteiger charge is 2.43. The summed E-state index contributed by atoms with van der Waals surface area (Å²) in [4.78, 5) is 34.6. The molecule has 20 heavy (non-hydrogen) atoms. The topological polar surface area (TPSA) is 131 Å². The molecule has 1 rings (SSSR count). The molecular formula is C12H21N3O5. The first-order valence-electron chi connectivity index (χ1n) is 6.47. The second-order valence-electron chi connectivity index (χ2n) is 5.22. The van der Waals surface area contributed by atoms with E-state index >= 15 is 0 Å². The fraction of sp³-hybridized carbons (Fsp3) is 0.750. The number of carboxylic acid groups (broad SMARTS) is 1. The van der Waals surface area contributed by atoms with Crippen LogP contribution >= 0.6 is 0 Å². The Bertz CT molecular complexity index is 391. The van der Waals surface area contributed by atoms with Crippen LogP contribution in [0.4, 0.5) is 4.79 Å². The molecule has 0 bridgehead atoms. The SMILES string of the molecule is CC(C)C(NC(N)=O)C(=O)NC1(C(=O)O)CCOCC1. The first-order valence-corrected chi connectivity index (χ1v) is 6.47. The number of primary amides is 1. The Labute approximate surface area is 117 Å². The van der Waals surface area contributed by atoms with Gasteiger partial charge in [-0.25, -0.2) is 9.59 Å². The maximum absolute atomic E-state index is 12.2. The van der Waals surface area contributed by atoms with Crippen LogP contribution in [0.5, 0.6) is 0 Å². The van der Waals surface area contributed by atoms with Crippen molar-refractivity contribution >= 4 is 17.9 Å². The number of urea groups is 1. The van der Waals surface area contributed by atoms with Gasteiger partial charge in [0.15, 0.2) is 0 Å². The van der Waals surface area contributed by atoms with Crippen molar-refractivity contribution in [3.63, 3.8) is 0 Å². The van der Waals surface area contributed by atoms with Gasteiger partial charge in [0.25, 0.3) is 0 Å². The van der Waals surface area contributed by atoms with E-state index < -0.39 is 29.5 Å². The quantitative estimate of drug-likeness (QED) is 0.538. The molecule has 0 aromatic heterocycles. The smallest absolute Gasteiger partial charge is 0.329 e. The maximum atomic E-state index is 12.2. The lowest BCUT2D eigenvalue weighted by Crippen LogP contribution is -2.62. The monoisotopic (exact) mass is 287 g/mol. The minimum absolute atomic E-state index is 0.190. The molecule has 0 saturated carbocycles. The minimum atomic E-state index is -1.35. The van der Waals surface area contributed by atoms with E-state index in [0.717, 1.165) is 0 Å². The lowest BCUT2D eigenvalue weighted by molar-refractivity contribution is -0.152. The van der Waals surface area contributed by atoms with Gasteiger partial charge in [0, 0.05) is 26.1 Å². The average Bonchev–Trinajstić information content (AvgIpc) is 2.36. The number of hydrogen-bond donors (Lipinski definition) is 4. The Balaban J connectivity index is 2.83. The van der Waals surface area contributed by atoms with E-state index in [1.54, 1.807) is 13.8 Å². The van der Waals surface area contributed by atoms with Crippen molar-refractivity contribution in [1.29, 1.82) is 0 Å². The molecule has 1 aliphatic heterocycles. The Morgan fingerprint density at radius 3 is 2.20 bits per heavy atom. The number of aliphatic carboxylic acids is 1. The first kappa shape index (κ1) is 16.2. The van der Waals surface area contributed by atoms with E-state index in [-0.39, 0.29) is 32.0 Å². The number of rotatable bonds is 5. The molecule has 0 aliphatic carbocycles. The van der Waals surface area contributed by atoms with Crippen LogP contribution in [0.2, 0.25) is 0 Å². The second kappa shape index (κ2) is 6.56. The molecule has 0 spiro atoms. The lowest BCUT2D eigenvalue weighted by atomic mass is 9.89. The van der Waals surface area contributed by atoms with Gasteiger partial charge < -0.3 is 26.2 Å². The van der Waals surface area contributed by atoms with Crippen molar-refractivity contribution in [3.05, 3.63) is 0 Å². The second-order valence-corrected chi connectivity index (χ2v) is 5.22. The van der Waals surface area contributed by atoms with Crippen molar-refractivity contribution in [2.24, 2.45) is 11.7 Å². The molecule has 0 aromatic rings. The zero-order chi connectivity index (χ0) is 15.3. The van der Waals surface area contributed by atoms with E-state index in [9.17, 15) is 19.5 Å². The Hall–Kier alpha value is -1.83. The van der Waals surface area contributed by atoms with E-state index in [2.05, 4.69) is 10.6 Å². The van der Waals surface area contributed by atoms with Gasteiger partial charge in [0.1, 0.15) is 11.6 Å². The highest BCUT2D eigenvalue weighted by atomic mass is 16.5. The number of nitrogens with two attached hydrogens (primary N) is 1. The molecule has 5 N–H and O–H groups in total. The predicted octanol–water partition coefficient (Wildman–Crippen LogP) is -0.571. The number of ether oxygens (including phenoxy) is 1. The largest absolute Gasteiger partial charge is 0.480 e. The molecule has 0 aromatic carbocycles. The summed E-state index contributed by atoms with van der Waals surface area (Å²) < 4.78 is 5.12. The summed E-state index contributed by atoms with van der Waals surface area (Å²) in [6, 6.07) is -1.69. The van der Waals surface area contributed by atoms with Gasteiger partial charge in [0.2, 0.25) is 5.91 Å². The molecule has 1 atom stereocenters. The third-order valence-corrected chi connectivity index (χ3v) is 3.37.